The van der Waals surface area contributed by atoms with Crippen molar-refractivity contribution in [2.45, 2.75) is 0 Å². The Hall–Kier alpha value is -4.12. The smallest absolute Gasteiger partial charge is 0.0921 e. The molecule has 0 fully saturated rings. The van der Waals surface area contributed by atoms with Crippen LogP contribution in [-0.4, -0.2) is 24.3 Å². The fraction of sp³-hybridized carbons (Fsp3) is 0. The van der Waals surface area contributed by atoms with E-state index in [2.05, 4.69) is 26.6 Å². The molecule has 136 valence electrons. The van der Waals surface area contributed by atoms with Crippen molar-refractivity contribution in [3.8, 4) is 22.5 Å². The Labute approximate surface area is 166 Å². The summed E-state index contributed by atoms with van der Waals surface area (Å²) >= 11 is 0. The van der Waals surface area contributed by atoms with Gasteiger partial charge in [0.15, 0.2) is 0 Å². The van der Waals surface area contributed by atoms with Gasteiger partial charge < -0.3 is 4.40 Å². The number of aromatic nitrogens is 5. The number of hydrogen-bond donors (Lipinski definition) is 0. The normalized spacial score (nSPS) is 11.4. The van der Waals surface area contributed by atoms with Crippen molar-refractivity contribution in [1.82, 2.24) is 24.3 Å². The number of para-hydroxylation sites is 4. The standard InChI is InChI=1S/C24H15N5/c1-3-9-19-17(7-1)25-13-21(27-19)16-15-29-12-6-5-11-23(29)24(16)22-14-26-18-8-2-4-10-20(18)28-22/h1-15H. The number of nitrogens with zero attached hydrogens (tertiary/aromatic N) is 5. The Morgan fingerprint density at radius 3 is 1.90 bits per heavy atom. The molecule has 6 rings (SSSR count). The largest absolute Gasteiger partial charge is 0.322 e. The van der Waals surface area contributed by atoms with Gasteiger partial charge in [-0.05, 0) is 36.4 Å². The topological polar surface area (TPSA) is 56.0 Å². The van der Waals surface area contributed by atoms with E-state index in [4.69, 9.17) is 9.97 Å². The van der Waals surface area contributed by atoms with Crippen LogP contribution in [0.2, 0.25) is 0 Å². The van der Waals surface area contributed by atoms with E-state index in [0.717, 1.165) is 50.1 Å². The van der Waals surface area contributed by atoms with Crippen molar-refractivity contribution in [1.29, 1.82) is 0 Å². The lowest BCUT2D eigenvalue weighted by molar-refractivity contribution is 1.19. The third-order valence-corrected chi connectivity index (χ3v) is 5.11. The predicted molar refractivity (Wildman–Crippen MR) is 114 cm³/mol. The maximum atomic E-state index is 4.89. The molecule has 4 heterocycles. The molecule has 0 saturated carbocycles. The summed E-state index contributed by atoms with van der Waals surface area (Å²) in [6.45, 7) is 0. The average Bonchev–Trinajstić information content (AvgIpc) is 3.18. The molecule has 5 heteroatoms. The molecule has 2 aromatic carbocycles. The van der Waals surface area contributed by atoms with E-state index in [1.54, 1.807) is 0 Å². The molecule has 0 spiro atoms. The number of benzene rings is 2. The van der Waals surface area contributed by atoms with E-state index in [1.807, 2.05) is 79.3 Å². The maximum Gasteiger partial charge on any atom is 0.0921 e. The molecule has 5 nitrogen and oxygen atoms in total. The molecular weight excluding hydrogens is 358 g/mol. The van der Waals surface area contributed by atoms with Crippen LogP contribution in [0.3, 0.4) is 0 Å². The van der Waals surface area contributed by atoms with Crippen LogP contribution in [0, 0.1) is 0 Å². The Bertz CT molecular complexity index is 1520. The molecule has 0 atom stereocenters. The van der Waals surface area contributed by atoms with Crippen LogP contribution in [0.5, 0.6) is 0 Å². The van der Waals surface area contributed by atoms with Crippen LogP contribution in [0.1, 0.15) is 0 Å². The highest BCUT2D eigenvalue weighted by Crippen LogP contribution is 2.35. The molecule has 0 radical (unpaired) electrons. The highest BCUT2D eigenvalue weighted by atomic mass is 14.9. The van der Waals surface area contributed by atoms with E-state index >= 15 is 0 Å². The van der Waals surface area contributed by atoms with E-state index < -0.39 is 0 Å². The lowest BCUT2D eigenvalue weighted by Gasteiger charge is -2.06. The van der Waals surface area contributed by atoms with Gasteiger partial charge in [0, 0.05) is 23.5 Å². The van der Waals surface area contributed by atoms with Gasteiger partial charge in [0.2, 0.25) is 0 Å². The quantitative estimate of drug-likeness (QED) is 0.421. The summed E-state index contributed by atoms with van der Waals surface area (Å²) < 4.78 is 2.10. The van der Waals surface area contributed by atoms with Gasteiger partial charge >= 0.3 is 0 Å². The number of hydrogen-bond acceptors (Lipinski definition) is 4. The van der Waals surface area contributed by atoms with Gasteiger partial charge in [-0.2, -0.15) is 0 Å². The highest BCUT2D eigenvalue weighted by molar-refractivity contribution is 5.94. The van der Waals surface area contributed by atoms with Crippen LogP contribution >= 0.6 is 0 Å². The van der Waals surface area contributed by atoms with Crippen molar-refractivity contribution in [2.24, 2.45) is 0 Å². The Morgan fingerprint density at radius 1 is 0.586 bits per heavy atom. The fourth-order valence-electron chi connectivity index (χ4n) is 3.75. The van der Waals surface area contributed by atoms with Gasteiger partial charge in [-0.1, -0.05) is 30.3 Å². The van der Waals surface area contributed by atoms with Gasteiger partial charge in [0.05, 0.1) is 51.4 Å². The molecule has 0 N–H and O–H groups in total. The second-order valence-electron chi connectivity index (χ2n) is 6.90. The van der Waals surface area contributed by atoms with Crippen LogP contribution in [0.25, 0.3) is 50.1 Å². The first-order valence-electron chi connectivity index (χ1n) is 9.41. The summed E-state index contributed by atoms with van der Waals surface area (Å²) in [5.74, 6) is 0. The first-order valence-corrected chi connectivity index (χ1v) is 9.41. The molecule has 0 bridgehead atoms. The van der Waals surface area contributed by atoms with Crippen molar-refractivity contribution in [3.63, 3.8) is 0 Å². The molecule has 0 amide bonds. The number of rotatable bonds is 2. The third-order valence-electron chi connectivity index (χ3n) is 5.11. The van der Waals surface area contributed by atoms with Crippen LogP contribution < -0.4 is 0 Å². The second kappa shape index (κ2) is 6.21. The fourth-order valence-corrected chi connectivity index (χ4v) is 3.75. The minimum Gasteiger partial charge on any atom is -0.322 e. The molecular formula is C24H15N5. The molecule has 0 aliphatic rings. The summed E-state index contributed by atoms with van der Waals surface area (Å²) in [7, 11) is 0. The first kappa shape index (κ1) is 15.9. The lowest BCUT2D eigenvalue weighted by atomic mass is 10.1. The lowest BCUT2D eigenvalue weighted by Crippen LogP contribution is -1.92. The Balaban J connectivity index is 1.65. The van der Waals surface area contributed by atoms with Gasteiger partial charge in [-0.15, -0.1) is 0 Å². The minimum absolute atomic E-state index is 0.817. The van der Waals surface area contributed by atoms with Crippen molar-refractivity contribution in [3.05, 3.63) is 91.5 Å². The van der Waals surface area contributed by atoms with Crippen LogP contribution in [0.4, 0.5) is 0 Å². The summed E-state index contributed by atoms with van der Waals surface area (Å²) in [6.07, 6.45) is 7.78. The summed E-state index contributed by atoms with van der Waals surface area (Å²) in [5.41, 5.74) is 8.19. The van der Waals surface area contributed by atoms with E-state index in [9.17, 15) is 0 Å². The van der Waals surface area contributed by atoms with Gasteiger partial charge in [-0.25, -0.2) is 9.97 Å². The van der Waals surface area contributed by atoms with Gasteiger partial charge in [0.25, 0.3) is 0 Å². The van der Waals surface area contributed by atoms with E-state index in [0.29, 0.717) is 0 Å². The molecule has 6 aromatic rings. The van der Waals surface area contributed by atoms with Crippen molar-refractivity contribution < 1.29 is 0 Å². The molecule has 0 aliphatic carbocycles. The van der Waals surface area contributed by atoms with E-state index in [-0.39, 0.29) is 0 Å². The summed E-state index contributed by atoms with van der Waals surface area (Å²) in [4.78, 5) is 19.0. The molecule has 4 aromatic heterocycles. The summed E-state index contributed by atoms with van der Waals surface area (Å²) in [5, 5.41) is 0. The first-order chi connectivity index (χ1) is 14.4. The molecule has 0 unspecified atom stereocenters. The molecule has 0 aliphatic heterocycles. The predicted octanol–water partition coefficient (Wildman–Crippen LogP) is 5.16. The zero-order valence-corrected chi connectivity index (χ0v) is 15.4. The zero-order valence-electron chi connectivity index (χ0n) is 15.4. The van der Waals surface area contributed by atoms with E-state index in [1.165, 1.54) is 0 Å². The second-order valence-corrected chi connectivity index (χ2v) is 6.90. The third kappa shape index (κ3) is 2.56. The van der Waals surface area contributed by atoms with Gasteiger partial charge in [0.1, 0.15) is 0 Å². The van der Waals surface area contributed by atoms with Crippen molar-refractivity contribution in [2.75, 3.05) is 0 Å². The number of fused-ring (bicyclic) bond motifs is 3. The maximum absolute atomic E-state index is 4.89. The summed E-state index contributed by atoms with van der Waals surface area (Å²) in [6, 6.07) is 21.9. The SMILES string of the molecule is c1ccc2nc(-c3cn4ccccc4c3-c3cnc4ccccc4n3)cnc2c1. The monoisotopic (exact) mass is 373 g/mol. The van der Waals surface area contributed by atoms with Gasteiger partial charge in [-0.3, -0.25) is 9.97 Å². The molecule has 0 saturated heterocycles. The van der Waals surface area contributed by atoms with Crippen LogP contribution in [-0.2, 0) is 0 Å². The number of pyridine rings is 1. The Kier molecular flexibility index (Phi) is 3.40. The molecule has 29 heavy (non-hydrogen) atoms. The minimum atomic E-state index is 0.817. The average molecular weight is 373 g/mol. The Morgan fingerprint density at radius 2 is 1.17 bits per heavy atom. The highest BCUT2D eigenvalue weighted by Gasteiger charge is 2.17. The van der Waals surface area contributed by atoms with Crippen LogP contribution in [0.15, 0.2) is 91.5 Å². The van der Waals surface area contributed by atoms with Crippen molar-refractivity contribution >= 4 is 27.6 Å². The zero-order chi connectivity index (χ0) is 19.2.